The Morgan fingerprint density at radius 2 is 1.97 bits per heavy atom. The maximum absolute atomic E-state index is 12.4. The van der Waals surface area contributed by atoms with Crippen LogP contribution in [-0.2, 0) is 11.3 Å². The summed E-state index contributed by atoms with van der Waals surface area (Å²) in [5.74, 6) is 2.87. The summed E-state index contributed by atoms with van der Waals surface area (Å²) < 4.78 is 7.60. The molecule has 0 bridgehead atoms. The normalized spacial score (nSPS) is 17.4. The fourth-order valence-electron chi connectivity index (χ4n) is 3.67. The van der Waals surface area contributed by atoms with Gasteiger partial charge in [0.2, 0.25) is 11.9 Å². The number of methoxy groups -OCH3 is 1. The van der Waals surface area contributed by atoms with Crippen molar-refractivity contribution in [3.63, 3.8) is 0 Å². The van der Waals surface area contributed by atoms with Crippen molar-refractivity contribution in [3.05, 3.63) is 29.8 Å². The SMILES string of the molecule is COc1ccccc1CNC(=O)CSc1nnc(N2CCC(C)CC2)n1C1CC1. The Balaban J connectivity index is 1.35. The fraction of sp³-hybridized carbons (Fsp3) is 0.571. The summed E-state index contributed by atoms with van der Waals surface area (Å²) in [4.78, 5) is 14.7. The van der Waals surface area contributed by atoms with E-state index >= 15 is 0 Å². The van der Waals surface area contributed by atoms with Crippen LogP contribution in [-0.4, -0.2) is 46.6 Å². The van der Waals surface area contributed by atoms with E-state index < -0.39 is 0 Å². The molecule has 7 nitrogen and oxygen atoms in total. The molecule has 8 heteroatoms. The maximum atomic E-state index is 12.4. The van der Waals surface area contributed by atoms with E-state index in [-0.39, 0.29) is 5.91 Å². The molecule has 0 radical (unpaired) electrons. The smallest absolute Gasteiger partial charge is 0.230 e. The minimum atomic E-state index is -0.0143. The lowest BCUT2D eigenvalue weighted by molar-refractivity contribution is -0.118. The first-order valence-electron chi connectivity index (χ1n) is 10.4. The summed E-state index contributed by atoms with van der Waals surface area (Å²) in [6.45, 7) is 4.84. The number of nitrogens with one attached hydrogen (secondary N) is 1. The summed E-state index contributed by atoms with van der Waals surface area (Å²) in [7, 11) is 1.64. The molecule has 1 saturated carbocycles. The Bertz CT molecular complexity index is 843. The molecule has 1 amide bonds. The van der Waals surface area contributed by atoms with E-state index in [1.165, 1.54) is 37.4 Å². The molecule has 2 fully saturated rings. The zero-order valence-electron chi connectivity index (χ0n) is 17.1. The van der Waals surface area contributed by atoms with Gasteiger partial charge in [-0.2, -0.15) is 0 Å². The number of rotatable bonds is 8. The predicted octanol–water partition coefficient (Wildman–Crippen LogP) is 3.27. The van der Waals surface area contributed by atoms with E-state index in [9.17, 15) is 4.79 Å². The van der Waals surface area contributed by atoms with Gasteiger partial charge in [-0.15, -0.1) is 10.2 Å². The largest absolute Gasteiger partial charge is 0.496 e. The lowest BCUT2D eigenvalue weighted by atomic mass is 10.00. The van der Waals surface area contributed by atoms with Crippen LogP contribution in [0.1, 0.15) is 44.2 Å². The molecule has 1 aliphatic carbocycles. The van der Waals surface area contributed by atoms with Crippen LogP contribution in [0.4, 0.5) is 5.95 Å². The van der Waals surface area contributed by atoms with Crippen LogP contribution >= 0.6 is 11.8 Å². The molecule has 4 rings (SSSR count). The van der Waals surface area contributed by atoms with Gasteiger partial charge in [-0.1, -0.05) is 36.9 Å². The molecule has 1 N–H and O–H groups in total. The first kappa shape index (κ1) is 20.1. The van der Waals surface area contributed by atoms with Crippen LogP contribution in [0.5, 0.6) is 5.75 Å². The molecule has 1 aromatic heterocycles. The minimum Gasteiger partial charge on any atom is -0.496 e. The van der Waals surface area contributed by atoms with Crippen molar-refractivity contribution >= 4 is 23.6 Å². The number of aromatic nitrogens is 3. The maximum Gasteiger partial charge on any atom is 0.230 e. The highest BCUT2D eigenvalue weighted by atomic mass is 32.2. The van der Waals surface area contributed by atoms with E-state index in [0.717, 1.165) is 41.4 Å². The van der Waals surface area contributed by atoms with Crippen molar-refractivity contribution in [1.29, 1.82) is 0 Å². The third-order valence-electron chi connectivity index (χ3n) is 5.63. The average molecular weight is 416 g/mol. The highest BCUT2D eigenvalue weighted by Crippen LogP contribution is 2.41. The van der Waals surface area contributed by atoms with Crippen LogP contribution < -0.4 is 15.0 Å². The average Bonchev–Trinajstić information content (AvgIpc) is 3.50. The molecule has 2 aromatic rings. The van der Waals surface area contributed by atoms with Crippen molar-refractivity contribution in [2.45, 2.75) is 50.4 Å². The second kappa shape index (κ2) is 9.07. The molecule has 0 spiro atoms. The van der Waals surface area contributed by atoms with Crippen molar-refractivity contribution in [1.82, 2.24) is 20.1 Å². The van der Waals surface area contributed by atoms with Gasteiger partial charge < -0.3 is 15.0 Å². The Kier molecular flexibility index (Phi) is 6.28. The van der Waals surface area contributed by atoms with E-state index in [2.05, 4.69) is 31.9 Å². The molecule has 2 heterocycles. The van der Waals surface area contributed by atoms with E-state index in [1.54, 1.807) is 7.11 Å². The van der Waals surface area contributed by atoms with Crippen LogP contribution in [0.3, 0.4) is 0 Å². The second-order valence-electron chi connectivity index (χ2n) is 7.93. The molecular weight excluding hydrogens is 386 g/mol. The van der Waals surface area contributed by atoms with Crippen LogP contribution in [0.25, 0.3) is 0 Å². The number of ether oxygens (including phenoxy) is 1. The molecule has 0 unspecified atom stereocenters. The zero-order chi connectivity index (χ0) is 20.2. The molecule has 0 atom stereocenters. The van der Waals surface area contributed by atoms with Gasteiger partial charge in [-0.25, -0.2) is 0 Å². The number of carbonyl (C=O) groups excluding carboxylic acids is 1. The second-order valence-corrected chi connectivity index (χ2v) is 8.87. The summed E-state index contributed by atoms with van der Waals surface area (Å²) in [5.41, 5.74) is 0.969. The van der Waals surface area contributed by atoms with Gasteiger partial charge in [-0.05, 0) is 37.7 Å². The molecule has 29 heavy (non-hydrogen) atoms. The van der Waals surface area contributed by atoms with Crippen molar-refractivity contribution in [2.24, 2.45) is 5.92 Å². The van der Waals surface area contributed by atoms with E-state index in [1.807, 2.05) is 24.3 Å². The number of carbonyl (C=O) groups is 1. The van der Waals surface area contributed by atoms with Crippen LogP contribution in [0.2, 0.25) is 0 Å². The van der Waals surface area contributed by atoms with E-state index in [4.69, 9.17) is 4.74 Å². The number of hydrogen-bond donors (Lipinski definition) is 1. The van der Waals surface area contributed by atoms with Crippen molar-refractivity contribution < 1.29 is 9.53 Å². The highest BCUT2D eigenvalue weighted by molar-refractivity contribution is 7.99. The van der Waals surface area contributed by atoms with Crippen molar-refractivity contribution in [3.8, 4) is 5.75 Å². The number of hydrogen-bond acceptors (Lipinski definition) is 6. The minimum absolute atomic E-state index is 0.0143. The Morgan fingerprint density at radius 3 is 2.69 bits per heavy atom. The third-order valence-corrected chi connectivity index (χ3v) is 6.57. The molecule has 1 aliphatic heterocycles. The van der Waals surface area contributed by atoms with Crippen LogP contribution in [0.15, 0.2) is 29.4 Å². The van der Waals surface area contributed by atoms with Gasteiger partial charge in [0.25, 0.3) is 0 Å². The quantitative estimate of drug-likeness (QED) is 0.667. The van der Waals surface area contributed by atoms with Gasteiger partial charge in [0.1, 0.15) is 5.75 Å². The van der Waals surface area contributed by atoms with Crippen LogP contribution in [0, 0.1) is 5.92 Å². The first-order chi connectivity index (χ1) is 14.2. The summed E-state index contributed by atoms with van der Waals surface area (Å²) in [5, 5.41) is 12.7. The lowest BCUT2D eigenvalue weighted by Crippen LogP contribution is -2.34. The summed E-state index contributed by atoms with van der Waals surface area (Å²) >= 11 is 1.47. The molecule has 1 saturated heterocycles. The summed E-state index contributed by atoms with van der Waals surface area (Å²) in [6, 6.07) is 8.21. The highest BCUT2D eigenvalue weighted by Gasteiger charge is 2.32. The van der Waals surface area contributed by atoms with E-state index in [0.29, 0.717) is 18.3 Å². The predicted molar refractivity (Wildman–Crippen MR) is 114 cm³/mol. The lowest BCUT2D eigenvalue weighted by Gasteiger charge is -2.31. The van der Waals surface area contributed by atoms with Gasteiger partial charge in [0, 0.05) is 31.2 Å². The van der Waals surface area contributed by atoms with Gasteiger partial charge >= 0.3 is 0 Å². The number of anilines is 1. The number of piperidine rings is 1. The molecule has 2 aliphatic rings. The number of thioether (sulfide) groups is 1. The van der Waals surface area contributed by atoms with Gasteiger partial charge in [0.15, 0.2) is 5.16 Å². The Hall–Kier alpha value is -2.22. The van der Waals surface area contributed by atoms with Gasteiger partial charge in [0.05, 0.1) is 12.9 Å². The fourth-order valence-corrected chi connectivity index (χ4v) is 4.50. The number of amides is 1. The standard InChI is InChI=1S/C21H29N5O2S/c1-15-9-11-25(12-10-15)20-23-24-21(26(20)17-7-8-17)29-14-19(27)22-13-16-5-3-4-6-18(16)28-2/h3-6,15,17H,7-14H2,1-2H3,(H,22,27). The number of benzene rings is 1. The monoisotopic (exact) mass is 415 g/mol. The molecule has 156 valence electrons. The Morgan fingerprint density at radius 1 is 1.21 bits per heavy atom. The van der Waals surface area contributed by atoms with Gasteiger partial charge in [-0.3, -0.25) is 9.36 Å². The molecular formula is C21H29N5O2S. The van der Waals surface area contributed by atoms with Crippen molar-refractivity contribution in [2.75, 3.05) is 30.9 Å². The molecule has 1 aromatic carbocycles. The summed E-state index contributed by atoms with van der Waals surface area (Å²) in [6.07, 6.45) is 4.74. The third kappa shape index (κ3) is 4.86. The topological polar surface area (TPSA) is 72.3 Å². The number of nitrogens with zero attached hydrogens (tertiary/aromatic N) is 4. The first-order valence-corrected chi connectivity index (χ1v) is 11.4. The zero-order valence-corrected chi connectivity index (χ0v) is 18.0. The number of para-hydroxylation sites is 1. The Labute approximate surface area is 176 Å².